The van der Waals surface area contributed by atoms with Gasteiger partial charge in [-0.2, -0.15) is 9.30 Å². The van der Waals surface area contributed by atoms with Crippen molar-refractivity contribution in [3.05, 3.63) is 52.8 Å². The average molecular weight is 518 g/mol. The van der Waals surface area contributed by atoms with Crippen molar-refractivity contribution in [2.45, 2.75) is 35.6 Å². The molecule has 1 amide bonds. The summed E-state index contributed by atoms with van der Waals surface area (Å²) in [4.78, 5) is 17.7. The van der Waals surface area contributed by atoms with Gasteiger partial charge in [0.25, 0.3) is 5.91 Å². The minimum Gasteiger partial charge on any atom is -0.305 e. The summed E-state index contributed by atoms with van der Waals surface area (Å²) in [6.07, 6.45) is 9.32. The second kappa shape index (κ2) is 9.46. The van der Waals surface area contributed by atoms with Gasteiger partial charge in [-0.15, -0.1) is 6.42 Å². The zero-order valence-corrected chi connectivity index (χ0v) is 20.9. The summed E-state index contributed by atoms with van der Waals surface area (Å²) < 4.78 is 53.2. The van der Waals surface area contributed by atoms with Crippen molar-refractivity contribution in [1.82, 2.24) is 8.87 Å². The maximum absolute atomic E-state index is 12.9. The smallest absolute Gasteiger partial charge is 0.279 e. The maximum Gasteiger partial charge on any atom is 0.279 e. The Balaban J connectivity index is 1.69. The van der Waals surface area contributed by atoms with E-state index >= 15 is 0 Å². The van der Waals surface area contributed by atoms with Crippen molar-refractivity contribution in [2.75, 3.05) is 19.3 Å². The third-order valence-corrected chi connectivity index (χ3v) is 9.65. The van der Waals surface area contributed by atoms with E-state index in [2.05, 4.69) is 10.9 Å². The minimum atomic E-state index is -3.59. The first kappa shape index (κ1) is 24.3. The van der Waals surface area contributed by atoms with Gasteiger partial charge in [0.15, 0.2) is 14.6 Å². The molecule has 2 aromatic carbocycles. The van der Waals surface area contributed by atoms with E-state index in [0.29, 0.717) is 28.1 Å². The second-order valence-electron chi connectivity index (χ2n) is 7.98. The number of carbonyl (C=O) groups is 1. The number of fused-ring (bicyclic) bond motifs is 1. The Bertz CT molecular complexity index is 1570. The van der Waals surface area contributed by atoms with E-state index in [1.54, 1.807) is 10.6 Å². The standard InChI is InChI=1S/C23H23N3O5S3/c1-3-13-26-20-12-11-19(33(2,28)29)16-21(20)32-23(26)24-22(27)17-7-9-18(10-8-17)34(30,31)25-14-5-4-6-15-25/h1,7-12,16H,4-6,13-15H2,2H3. The van der Waals surface area contributed by atoms with E-state index < -0.39 is 25.8 Å². The highest BCUT2D eigenvalue weighted by atomic mass is 32.2. The molecule has 1 aliphatic rings. The number of sulfone groups is 1. The zero-order valence-electron chi connectivity index (χ0n) is 18.5. The van der Waals surface area contributed by atoms with Crippen molar-refractivity contribution < 1.29 is 21.6 Å². The van der Waals surface area contributed by atoms with Gasteiger partial charge >= 0.3 is 0 Å². The number of hydrogen-bond acceptors (Lipinski definition) is 6. The van der Waals surface area contributed by atoms with Crippen LogP contribution >= 0.6 is 11.3 Å². The van der Waals surface area contributed by atoms with E-state index in [0.717, 1.165) is 36.9 Å². The summed E-state index contributed by atoms with van der Waals surface area (Å²) in [6, 6.07) is 10.4. The lowest BCUT2D eigenvalue weighted by Crippen LogP contribution is -2.35. The number of thiazole rings is 1. The first-order chi connectivity index (χ1) is 16.1. The van der Waals surface area contributed by atoms with Gasteiger partial charge in [0, 0.05) is 24.9 Å². The molecule has 1 fully saturated rings. The van der Waals surface area contributed by atoms with Gasteiger partial charge in [-0.25, -0.2) is 16.8 Å². The van der Waals surface area contributed by atoms with Gasteiger partial charge in [-0.3, -0.25) is 4.79 Å². The number of hydrogen-bond donors (Lipinski definition) is 0. The van der Waals surface area contributed by atoms with E-state index in [9.17, 15) is 21.6 Å². The molecule has 0 aliphatic carbocycles. The normalized spacial score (nSPS) is 15.9. The Labute approximate surface area is 202 Å². The largest absolute Gasteiger partial charge is 0.305 e. The van der Waals surface area contributed by atoms with Gasteiger partial charge in [0.2, 0.25) is 10.0 Å². The quantitative estimate of drug-likeness (QED) is 0.484. The lowest BCUT2D eigenvalue weighted by molar-refractivity contribution is 0.0997. The molecule has 1 saturated heterocycles. The van der Waals surface area contributed by atoms with Crippen LogP contribution in [0.2, 0.25) is 0 Å². The van der Waals surface area contributed by atoms with Crippen LogP contribution in [-0.4, -0.2) is 51.0 Å². The number of sulfonamides is 1. The van der Waals surface area contributed by atoms with Crippen LogP contribution in [0.1, 0.15) is 29.6 Å². The summed E-state index contributed by atoms with van der Waals surface area (Å²) in [6.45, 7) is 1.15. The number of piperidine rings is 1. The predicted octanol–water partition coefficient (Wildman–Crippen LogP) is 2.66. The summed E-state index contributed by atoms with van der Waals surface area (Å²) in [5.74, 6) is 1.97. The number of nitrogens with zero attached hydrogens (tertiary/aromatic N) is 3. The first-order valence-electron chi connectivity index (χ1n) is 10.6. The molecule has 4 rings (SSSR count). The van der Waals surface area contributed by atoms with Crippen LogP contribution in [0, 0.1) is 12.3 Å². The Hall–Kier alpha value is -2.78. The topological polar surface area (TPSA) is 106 Å². The number of amides is 1. The van der Waals surface area contributed by atoms with E-state index in [4.69, 9.17) is 6.42 Å². The lowest BCUT2D eigenvalue weighted by atomic mass is 10.2. The van der Waals surface area contributed by atoms with Crippen LogP contribution in [0.25, 0.3) is 10.2 Å². The Kier molecular flexibility index (Phi) is 6.78. The predicted molar refractivity (Wildman–Crippen MR) is 131 cm³/mol. The molecule has 0 spiro atoms. The highest BCUT2D eigenvalue weighted by molar-refractivity contribution is 7.90. The van der Waals surface area contributed by atoms with Crippen LogP contribution in [0.15, 0.2) is 57.2 Å². The van der Waals surface area contributed by atoms with Crippen LogP contribution in [0.3, 0.4) is 0 Å². The molecule has 0 radical (unpaired) electrons. The molecule has 0 saturated carbocycles. The van der Waals surface area contributed by atoms with Crippen LogP contribution in [0.5, 0.6) is 0 Å². The maximum atomic E-state index is 12.9. The molecule has 0 bridgehead atoms. The molecule has 2 heterocycles. The first-order valence-corrected chi connectivity index (χ1v) is 14.7. The van der Waals surface area contributed by atoms with Crippen molar-refractivity contribution in [3.63, 3.8) is 0 Å². The van der Waals surface area contributed by atoms with Crippen LogP contribution in [-0.2, 0) is 26.4 Å². The number of benzene rings is 2. The molecule has 1 aliphatic heterocycles. The van der Waals surface area contributed by atoms with Crippen molar-refractivity contribution in [2.24, 2.45) is 4.99 Å². The monoisotopic (exact) mass is 517 g/mol. The molecule has 0 unspecified atom stereocenters. The highest BCUT2D eigenvalue weighted by Gasteiger charge is 2.26. The Morgan fingerprint density at radius 1 is 1.03 bits per heavy atom. The number of aromatic nitrogens is 1. The van der Waals surface area contributed by atoms with E-state index in [-0.39, 0.29) is 21.9 Å². The van der Waals surface area contributed by atoms with Gasteiger partial charge in [0.1, 0.15) is 0 Å². The molecule has 1 aromatic heterocycles. The minimum absolute atomic E-state index is 0.142. The number of terminal acetylenes is 1. The van der Waals surface area contributed by atoms with Gasteiger partial charge in [-0.1, -0.05) is 23.7 Å². The van der Waals surface area contributed by atoms with Crippen molar-refractivity contribution in [1.29, 1.82) is 0 Å². The summed E-state index contributed by atoms with van der Waals surface area (Å²) in [5.41, 5.74) is 0.906. The SMILES string of the molecule is C#CCn1c(=NC(=O)c2ccc(S(=O)(=O)N3CCCCC3)cc2)sc2cc(S(C)(=O)=O)ccc21. The third kappa shape index (κ3) is 4.86. The Morgan fingerprint density at radius 3 is 2.29 bits per heavy atom. The van der Waals surface area contributed by atoms with Crippen molar-refractivity contribution in [3.8, 4) is 12.3 Å². The molecule has 0 N–H and O–H groups in total. The molecule has 3 aromatic rings. The molecular weight excluding hydrogens is 494 g/mol. The average Bonchev–Trinajstić information content (AvgIpc) is 3.15. The van der Waals surface area contributed by atoms with E-state index in [1.165, 1.54) is 40.7 Å². The molecule has 34 heavy (non-hydrogen) atoms. The molecule has 0 atom stereocenters. The molecule has 11 heteroatoms. The van der Waals surface area contributed by atoms with Gasteiger partial charge in [-0.05, 0) is 55.3 Å². The summed E-state index contributed by atoms with van der Waals surface area (Å²) in [5, 5.41) is 0. The molecule has 8 nitrogen and oxygen atoms in total. The fraction of sp³-hybridized carbons (Fsp3) is 0.304. The Morgan fingerprint density at radius 2 is 1.68 bits per heavy atom. The molecule has 178 valence electrons. The third-order valence-electron chi connectivity index (χ3n) is 5.58. The second-order valence-corrected chi connectivity index (χ2v) is 12.9. The fourth-order valence-corrected chi connectivity index (χ4v) is 7.09. The zero-order chi connectivity index (χ0) is 24.5. The van der Waals surface area contributed by atoms with Crippen LogP contribution in [0.4, 0.5) is 0 Å². The lowest BCUT2D eigenvalue weighted by Gasteiger charge is -2.25. The molecular formula is C23H23N3O5S3. The summed E-state index contributed by atoms with van der Waals surface area (Å²) >= 11 is 1.16. The van der Waals surface area contributed by atoms with Crippen LogP contribution < -0.4 is 4.80 Å². The highest BCUT2D eigenvalue weighted by Crippen LogP contribution is 2.23. The van der Waals surface area contributed by atoms with Crippen molar-refractivity contribution >= 4 is 47.3 Å². The number of carbonyl (C=O) groups excluding carboxylic acids is 1. The fourth-order valence-electron chi connectivity index (χ4n) is 3.79. The number of rotatable bonds is 5. The van der Waals surface area contributed by atoms with Gasteiger partial charge < -0.3 is 4.57 Å². The van der Waals surface area contributed by atoms with E-state index in [1.807, 2.05) is 0 Å². The summed E-state index contributed by atoms with van der Waals surface area (Å²) in [7, 11) is -6.99. The van der Waals surface area contributed by atoms with Gasteiger partial charge in [0.05, 0.1) is 26.6 Å².